The number of aromatic nitrogens is 1. The van der Waals surface area contributed by atoms with Gasteiger partial charge in [0.05, 0.1) is 10.2 Å². The highest BCUT2D eigenvalue weighted by Gasteiger charge is 2.12. The van der Waals surface area contributed by atoms with Gasteiger partial charge >= 0.3 is 0 Å². The first kappa shape index (κ1) is 12.7. The van der Waals surface area contributed by atoms with Gasteiger partial charge in [0.15, 0.2) is 0 Å². The minimum absolute atomic E-state index is 0.0152. The molecule has 2 aromatic heterocycles. The molecule has 1 fully saturated rings. The zero-order chi connectivity index (χ0) is 13.1. The van der Waals surface area contributed by atoms with E-state index in [0.717, 1.165) is 42.9 Å². The van der Waals surface area contributed by atoms with Crippen LogP contribution in [-0.2, 0) is 0 Å². The second kappa shape index (κ2) is 5.73. The van der Waals surface area contributed by atoms with Gasteiger partial charge in [0.25, 0.3) is 5.91 Å². The van der Waals surface area contributed by atoms with Crippen molar-refractivity contribution in [1.29, 1.82) is 0 Å². The molecule has 1 aliphatic heterocycles. The Balaban J connectivity index is 1.49. The van der Waals surface area contributed by atoms with Gasteiger partial charge in [0.1, 0.15) is 5.69 Å². The molecule has 2 aromatic rings. The molecule has 1 amide bonds. The zero-order valence-corrected chi connectivity index (χ0v) is 11.6. The lowest BCUT2D eigenvalue weighted by molar-refractivity contribution is 0.0943. The first-order valence-corrected chi connectivity index (χ1v) is 7.48. The Morgan fingerprint density at radius 2 is 2.26 bits per heavy atom. The van der Waals surface area contributed by atoms with Gasteiger partial charge in [0, 0.05) is 39.3 Å². The molecule has 0 spiro atoms. The molecule has 0 unspecified atom stereocenters. The second-order valence-electron chi connectivity index (χ2n) is 4.73. The topological polar surface area (TPSA) is 60.2 Å². The fourth-order valence-electron chi connectivity index (χ4n) is 2.33. The number of hydrogen-bond donors (Lipinski definition) is 3. The van der Waals surface area contributed by atoms with Crippen molar-refractivity contribution >= 4 is 27.5 Å². The molecule has 0 atom stereocenters. The van der Waals surface area contributed by atoms with Gasteiger partial charge in [-0.05, 0) is 17.5 Å². The summed E-state index contributed by atoms with van der Waals surface area (Å²) < 4.78 is 1.13. The number of carbonyl (C=O) groups excluding carboxylic acids is 1. The Morgan fingerprint density at radius 3 is 3.05 bits per heavy atom. The Bertz CT molecular complexity index is 527. The van der Waals surface area contributed by atoms with Crippen molar-refractivity contribution in [3.63, 3.8) is 0 Å². The number of thiophene rings is 1. The first-order valence-electron chi connectivity index (χ1n) is 6.60. The van der Waals surface area contributed by atoms with Crippen molar-refractivity contribution in [3.8, 4) is 0 Å². The lowest BCUT2D eigenvalue weighted by atomic mass is 10.3. The number of piperazine rings is 1. The zero-order valence-electron chi connectivity index (χ0n) is 10.7. The Kier molecular flexibility index (Phi) is 3.82. The van der Waals surface area contributed by atoms with Crippen LogP contribution in [-0.4, -0.2) is 55.1 Å². The van der Waals surface area contributed by atoms with E-state index in [2.05, 4.69) is 20.5 Å². The maximum Gasteiger partial charge on any atom is 0.267 e. The summed E-state index contributed by atoms with van der Waals surface area (Å²) in [5, 5.41) is 8.31. The molecular formula is C13H18N4OS. The van der Waals surface area contributed by atoms with Crippen molar-refractivity contribution in [1.82, 2.24) is 20.5 Å². The van der Waals surface area contributed by atoms with Crippen LogP contribution < -0.4 is 10.6 Å². The van der Waals surface area contributed by atoms with Crippen LogP contribution in [0.2, 0.25) is 0 Å². The summed E-state index contributed by atoms with van der Waals surface area (Å²) in [5.41, 5.74) is 1.69. The Morgan fingerprint density at radius 1 is 1.42 bits per heavy atom. The van der Waals surface area contributed by atoms with Gasteiger partial charge in [-0.1, -0.05) is 0 Å². The van der Waals surface area contributed by atoms with Crippen molar-refractivity contribution in [2.24, 2.45) is 0 Å². The molecule has 0 saturated carbocycles. The number of amides is 1. The van der Waals surface area contributed by atoms with E-state index in [1.165, 1.54) is 0 Å². The standard InChI is InChI=1S/C13H18N4OS/c18-13(11-9-12-10(16-11)1-8-19-12)15-4-7-17-5-2-14-3-6-17/h1,8-9,14,16H,2-7H2,(H,15,18). The number of hydrogen-bond acceptors (Lipinski definition) is 4. The van der Waals surface area contributed by atoms with Crippen molar-refractivity contribution in [2.75, 3.05) is 39.3 Å². The van der Waals surface area contributed by atoms with Crippen LogP contribution in [0, 0.1) is 0 Å². The van der Waals surface area contributed by atoms with Gasteiger partial charge in [-0.3, -0.25) is 9.69 Å². The van der Waals surface area contributed by atoms with Crippen LogP contribution >= 0.6 is 11.3 Å². The highest BCUT2D eigenvalue weighted by molar-refractivity contribution is 7.17. The van der Waals surface area contributed by atoms with Gasteiger partial charge in [-0.15, -0.1) is 11.3 Å². The monoisotopic (exact) mass is 278 g/mol. The summed E-state index contributed by atoms with van der Waals surface area (Å²) in [7, 11) is 0. The average molecular weight is 278 g/mol. The van der Waals surface area contributed by atoms with E-state index in [0.29, 0.717) is 12.2 Å². The van der Waals surface area contributed by atoms with Crippen LogP contribution in [0.5, 0.6) is 0 Å². The van der Waals surface area contributed by atoms with Crippen LogP contribution in [0.3, 0.4) is 0 Å². The summed E-state index contributed by atoms with van der Waals surface area (Å²) in [6.07, 6.45) is 0. The summed E-state index contributed by atoms with van der Waals surface area (Å²) in [4.78, 5) is 17.5. The van der Waals surface area contributed by atoms with Gasteiger partial charge in [-0.2, -0.15) is 0 Å². The van der Waals surface area contributed by atoms with E-state index >= 15 is 0 Å². The molecule has 5 nitrogen and oxygen atoms in total. The third kappa shape index (κ3) is 2.97. The van der Waals surface area contributed by atoms with Crippen molar-refractivity contribution in [2.45, 2.75) is 0 Å². The van der Waals surface area contributed by atoms with Crippen LogP contribution in [0.15, 0.2) is 17.5 Å². The minimum Gasteiger partial charge on any atom is -0.350 e. The first-order chi connectivity index (χ1) is 9.33. The van der Waals surface area contributed by atoms with Crippen LogP contribution in [0.4, 0.5) is 0 Å². The summed E-state index contributed by atoms with van der Waals surface area (Å²) in [6.45, 7) is 5.83. The highest BCUT2D eigenvalue weighted by atomic mass is 32.1. The number of aromatic amines is 1. The van der Waals surface area contributed by atoms with Crippen molar-refractivity contribution < 1.29 is 4.79 Å². The maximum atomic E-state index is 12.0. The average Bonchev–Trinajstić information content (AvgIpc) is 3.00. The molecule has 0 aliphatic carbocycles. The lowest BCUT2D eigenvalue weighted by Gasteiger charge is -2.27. The van der Waals surface area contributed by atoms with E-state index in [1.807, 2.05) is 17.5 Å². The number of nitrogens with zero attached hydrogens (tertiary/aromatic N) is 1. The molecule has 102 valence electrons. The van der Waals surface area contributed by atoms with E-state index < -0.39 is 0 Å². The third-order valence-electron chi connectivity index (χ3n) is 3.41. The lowest BCUT2D eigenvalue weighted by Crippen LogP contribution is -2.46. The molecule has 0 bridgehead atoms. The number of nitrogens with one attached hydrogen (secondary N) is 3. The van der Waals surface area contributed by atoms with E-state index in [1.54, 1.807) is 11.3 Å². The molecule has 0 aromatic carbocycles. The fraction of sp³-hybridized carbons (Fsp3) is 0.462. The molecule has 3 N–H and O–H groups in total. The molecular weight excluding hydrogens is 260 g/mol. The Hall–Kier alpha value is -1.37. The predicted octanol–water partition coefficient (Wildman–Crippen LogP) is 0.864. The molecule has 6 heteroatoms. The maximum absolute atomic E-state index is 12.0. The third-order valence-corrected chi connectivity index (χ3v) is 4.27. The fourth-order valence-corrected chi connectivity index (χ4v) is 3.11. The number of rotatable bonds is 4. The highest BCUT2D eigenvalue weighted by Crippen LogP contribution is 2.20. The second-order valence-corrected chi connectivity index (χ2v) is 5.68. The molecule has 0 radical (unpaired) electrons. The normalized spacial score (nSPS) is 16.8. The predicted molar refractivity (Wildman–Crippen MR) is 77.8 cm³/mol. The van der Waals surface area contributed by atoms with E-state index in [9.17, 15) is 4.79 Å². The molecule has 19 heavy (non-hydrogen) atoms. The number of H-pyrrole nitrogens is 1. The van der Waals surface area contributed by atoms with Crippen LogP contribution in [0.1, 0.15) is 10.5 Å². The van der Waals surface area contributed by atoms with Crippen LogP contribution in [0.25, 0.3) is 10.2 Å². The van der Waals surface area contributed by atoms with Gasteiger partial charge in [0.2, 0.25) is 0 Å². The Labute approximate surface area is 116 Å². The smallest absolute Gasteiger partial charge is 0.267 e. The quantitative estimate of drug-likeness (QED) is 0.777. The number of fused-ring (bicyclic) bond motifs is 1. The van der Waals surface area contributed by atoms with Gasteiger partial charge in [-0.25, -0.2) is 0 Å². The van der Waals surface area contributed by atoms with Gasteiger partial charge < -0.3 is 15.6 Å². The van der Waals surface area contributed by atoms with E-state index in [4.69, 9.17) is 0 Å². The largest absolute Gasteiger partial charge is 0.350 e. The molecule has 3 heterocycles. The van der Waals surface area contributed by atoms with Crippen molar-refractivity contribution in [3.05, 3.63) is 23.2 Å². The summed E-state index contributed by atoms with van der Waals surface area (Å²) in [5.74, 6) is -0.0152. The van der Waals surface area contributed by atoms with E-state index in [-0.39, 0.29) is 5.91 Å². The molecule has 1 aliphatic rings. The SMILES string of the molecule is O=C(NCCN1CCNCC1)c1cc2sccc2[nH]1. The molecule has 1 saturated heterocycles. The minimum atomic E-state index is -0.0152. The number of carbonyl (C=O) groups is 1. The molecule has 3 rings (SSSR count). The summed E-state index contributed by atoms with van der Waals surface area (Å²) in [6, 6.07) is 3.91. The summed E-state index contributed by atoms with van der Waals surface area (Å²) >= 11 is 1.65.